The summed E-state index contributed by atoms with van der Waals surface area (Å²) in [6.07, 6.45) is 1.32. The number of nitrogens with one attached hydrogen (secondary N) is 1. The monoisotopic (exact) mass is 543 g/mol. The lowest BCUT2D eigenvalue weighted by Gasteiger charge is -2.31. The van der Waals surface area contributed by atoms with Crippen molar-refractivity contribution < 1.29 is 40.3 Å². The molecule has 0 aliphatic rings. The fourth-order valence-corrected chi connectivity index (χ4v) is 4.50. The molecule has 10 N–H and O–H groups in total. The van der Waals surface area contributed by atoms with Gasteiger partial charge in [0.25, 0.3) is 11.9 Å². The number of anilines is 1. The Hall–Kier alpha value is -3.60. The molecule has 0 fully saturated rings. The van der Waals surface area contributed by atoms with Crippen molar-refractivity contribution in [3.8, 4) is 39.7 Å². The summed E-state index contributed by atoms with van der Waals surface area (Å²) >= 11 is 0.284. The Bertz CT molecular complexity index is 1400. The predicted molar refractivity (Wildman–Crippen MR) is 136 cm³/mol. The molecule has 0 saturated heterocycles. The minimum absolute atomic E-state index is 0.0449. The molecule has 200 valence electrons. The molecular weight excluding hydrogens is 518 g/mol. The molecule has 0 saturated carbocycles. The molecule has 0 radical (unpaired) electrons. The summed E-state index contributed by atoms with van der Waals surface area (Å²) in [7, 11) is 1.86. The van der Waals surface area contributed by atoms with Gasteiger partial charge in [0.1, 0.15) is 11.4 Å². The van der Waals surface area contributed by atoms with E-state index in [0.29, 0.717) is 5.69 Å². The molecule has 13 nitrogen and oxygen atoms in total. The third-order valence-corrected chi connectivity index (χ3v) is 6.77. The van der Waals surface area contributed by atoms with E-state index in [1.807, 2.05) is 31.3 Å². The van der Waals surface area contributed by atoms with Crippen LogP contribution in [-0.4, -0.2) is 75.1 Å². The van der Waals surface area contributed by atoms with E-state index in [0.717, 1.165) is 23.7 Å². The number of nitrogens with two attached hydrogens (primary N) is 1. The number of phenols is 1. The number of rotatable bonds is 9. The number of thioether (sulfide) groups is 1. The van der Waals surface area contributed by atoms with Gasteiger partial charge >= 0.3 is 0 Å². The number of aromatic hydroxyl groups is 1. The third kappa shape index (κ3) is 6.09. The normalized spacial score (nSPS) is 12.3. The summed E-state index contributed by atoms with van der Waals surface area (Å²) in [5, 5.41) is 71.5. The van der Waals surface area contributed by atoms with Gasteiger partial charge in [0.15, 0.2) is 22.5 Å². The number of aromatic nitrogens is 3. The van der Waals surface area contributed by atoms with E-state index in [4.69, 9.17) is 10.3 Å². The Balaban J connectivity index is 1.61. The Kier molecular flexibility index (Phi) is 7.68. The Morgan fingerprint density at radius 2 is 1.66 bits per heavy atom. The number of hydrogen-bond acceptors (Lipinski definition) is 14. The molecule has 0 unspecified atom stereocenters. The zero-order chi connectivity index (χ0) is 27.7. The van der Waals surface area contributed by atoms with E-state index < -0.39 is 17.2 Å². The first-order chi connectivity index (χ1) is 17.9. The molecule has 0 aliphatic heterocycles. The predicted octanol–water partition coefficient (Wildman–Crippen LogP) is 0.195. The number of benzene rings is 2. The minimum Gasteiger partial charge on any atom is -0.507 e. The van der Waals surface area contributed by atoms with Gasteiger partial charge in [-0.1, -0.05) is 29.4 Å². The number of hydrogen-bond donors (Lipinski definition) is 9. The van der Waals surface area contributed by atoms with Crippen molar-refractivity contribution in [2.24, 2.45) is 0 Å². The van der Waals surface area contributed by atoms with Gasteiger partial charge in [-0.15, -0.1) is 11.8 Å². The molecule has 14 heteroatoms. The van der Waals surface area contributed by atoms with E-state index >= 15 is 0 Å². The molecule has 0 aliphatic carbocycles. The van der Waals surface area contributed by atoms with Crippen molar-refractivity contribution in [1.29, 1.82) is 0 Å². The summed E-state index contributed by atoms with van der Waals surface area (Å²) in [5.74, 6) is -7.35. The first-order valence-corrected chi connectivity index (χ1v) is 11.9. The molecule has 0 amide bonds. The second-order valence-corrected chi connectivity index (χ2v) is 9.52. The Labute approximate surface area is 219 Å². The van der Waals surface area contributed by atoms with E-state index in [-0.39, 0.29) is 50.9 Å². The van der Waals surface area contributed by atoms with Crippen LogP contribution in [0.4, 0.5) is 5.82 Å². The Morgan fingerprint density at radius 1 is 0.974 bits per heavy atom. The average Bonchev–Trinajstić information content (AvgIpc) is 3.32. The van der Waals surface area contributed by atoms with Gasteiger partial charge in [-0.25, -0.2) is 9.97 Å². The van der Waals surface area contributed by atoms with E-state index in [9.17, 15) is 35.7 Å². The van der Waals surface area contributed by atoms with Gasteiger partial charge in [0.2, 0.25) is 0 Å². The second-order valence-electron chi connectivity index (χ2n) is 8.34. The highest BCUT2D eigenvalue weighted by Gasteiger charge is 2.48. The molecule has 2 heterocycles. The smallest absolute Gasteiger partial charge is 0.296 e. The highest BCUT2D eigenvalue weighted by atomic mass is 32.2. The van der Waals surface area contributed by atoms with Gasteiger partial charge in [0, 0.05) is 28.6 Å². The van der Waals surface area contributed by atoms with Crippen molar-refractivity contribution in [2.45, 2.75) is 28.6 Å². The van der Waals surface area contributed by atoms with E-state index in [1.165, 1.54) is 18.3 Å². The fraction of sp³-hybridized carbons (Fsp3) is 0.208. The molecule has 0 spiro atoms. The highest BCUT2D eigenvalue weighted by molar-refractivity contribution is 8.00. The number of nitrogen functional groups attached to an aromatic ring is 1. The van der Waals surface area contributed by atoms with Crippen LogP contribution in [0.15, 0.2) is 64.1 Å². The summed E-state index contributed by atoms with van der Waals surface area (Å²) in [4.78, 5) is 8.63. The molecule has 0 bridgehead atoms. The van der Waals surface area contributed by atoms with Crippen molar-refractivity contribution in [2.75, 3.05) is 12.8 Å². The van der Waals surface area contributed by atoms with E-state index in [1.54, 1.807) is 6.07 Å². The van der Waals surface area contributed by atoms with Crippen LogP contribution in [0.3, 0.4) is 0 Å². The zero-order valence-corrected chi connectivity index (χ0v) is 20.7. The number of aliphatic hydroxyl groups is 6. The summed E-state index contributed by atoms with van der Waals surface area (Å²) in [6.45, 7) is 0.729. The van der Waals surface area contributed by atoms with Gasteiger partial charge in [-0.05, 0) is 30.8 Å². The lowest BCUT2D eigenvalue weighted by molar-refractivity contribution is -0.393. The van der Waals surface area contributed by atoms with E-state index in [2.05, 4.69) is 20.4 Å². The lowest BCUT2D eigenvalue weighted by atomic mass is 10.1. The summed E-state index contributed by atoms with van der Waals surface area (Å²) < 4.78 is 5.46. The van der Waals surface area contributed by atoms with Crippen molar-refractivity contribution in [3.05, 3.63) is 60.3 Å². The highest BCUT2D eigenvalue weighted by Crippen LogP contribution is 2.38. The molecule has 38 heavy (non-hydrogen) atoms. The third-order valence-electron chi connectivity index (χ3n) is 5.38. The Morgan fingerprint density at radius 3 is 2.26 bits per heavy atom. The van der Waals surface area contributed by atoms with Crippen LogP contribution in [0.2, 0.25) is 0 Å². The largest absolute Gasteiger partial charge is 0.507 e. The SMILES string of the molecule is CNCc1ccc(-c2cc(-c3nc(-c4ccc(SC(C(O)(O)O)C(O)(O)O)cc4O)cnc3N)on2)cc1. The molecule has 4 rings (SSSR count). The van der Waals surface area contributed by atoms with Crippen LogP contribution in [0.25, 0.3) is 34.0 Å². The fourth-order valence-electron chi connectivity index (χ4n) is 3.59. The van der Waals surface area contributed by atoms with Gasteiger partial charge in [0.05, 0.1) is 11.9 Å². The second kappa shape index (κ2) is 10.6. The van der Waals surface area contributed by atoms with Crippen LogP contribution in [-0.2, 0) is 6.54 Å². The maximum absolute atomic E-state index is 10.6. The summed E-state index contributed by atoms with van der Waals surface area (Å²) in [5.41, 5.74) is 9.09. The average molecular weight is 544 g/mol. The van der Waals surface area contributed by atoms with Crippen LogP contribution < -0.4 is 11.1 Å². The first-order valence-electron chi connectivity index (χ1n) is 11.0. The van der Waals surface area contributed by atoms with Gasteiger partial charge in [-0.2, -0.15) is 0 Å². The van der Waals surface area contributed by atoms with Crippen LogP contribution in [0.5, 0.6) is 5.75 Å². The maximum atomic E-state index is 10.6. The number of nitrogens with zero attached hydrogens (tertiary/aromatic N) is 3. The lowest BCUT2D eigenvalue weighted by Crippen LogP contribution is -2.54. The molecular formula is C24H25N5O8S. The van der Waals surface area contributed by atoms with Crippen molar-refractivity contribution in [1.82, 2.24) is 20.4 Å². The first kappa shape index (κ1) is 27.4. The molecule has 2 aromatic carbocycles. The van der Waals surface area contributed by atoms with Crippen LogP contribution >= 0.6 is 11.8 Å². The molecule has 0 atom stereocenters. The maximum Gasteiger partial charge on any atom is 0.296 e. The zero-order valence-electron chi connectivity index (χ0n) is 19.8. The molecule has 4 aromatic rings. The topological polar surface area (TPSA) is 231 Å². The standard InChI is InChI=1S/C24H25N5O8S/c1-26-10-12-2-4-13(5-3-12)16-9-19(37-29-16)20-21(25)27-11-17(28-20)15-7-6-14(8-18(15)30)38-22(23(31,32)33)24(34,35)36/h2-9,11,22,26,30-36H,10H2,1H3,(H2,25,27). The number of phenolic OH excluding ortho intramolecular Hbond substituents is 1. The summed E-state index contributed by atoms with van der Waals surface area (Å²) in [6, 6.07) is 13.3. The van der Waals surface area contributed by atoms with Crippen molar-refractivity contribution in [3.63, 3.8) is 0 Å². The minimum atomic E-state index is -3.65. The molecule has 2 aromatic heterocycles. The van der Waals surface area contributed by atoms with Crippen LogP contribution in [0, 0.1) is 0 Å². The van der Waals surface area contributed by atoms with Crippen LogP contribution in [0.1, 0.15) is 5.56 Å². The van der Waals surface area contributed by atoms with Gasteiger partial charge < -0.3 is 51.3 Å². The quantitative estimate of drug-likeness (QED) is 0.101. The van der Waals surface area contributed by atoms with Crippen molar-refractivity contribution >= 4 is 17.6 Å². The van der Waals surface area contributed by atoms with Gasteiger partial charge in [-0.3, -0.25) is 0 Å².